The molecule has 0 saturated heterocycles. The average Bonchev–Trinajstić information content (AvgIpc) is 2.37. The highest BCUT2D eigenvalue weighted by molar-refractivity contribution is 5.47. The Hall–Kier alpha value is -2.16. The first kappa shape index (κ1) is 12.3. The number of nitrogens with two attached hydrogens (primary N) is 1. The minimum Gasteiger partial charge on any atom is -0.497 e. The molecule has 0 spiro atoms. The number of hydrogen-bond acceptors (Lipinski definition) is 3. The third kappa shape index (κ3) is 3.17. The van der Waals surface area contributed by atoms with E-state index < -0.39 is 0 Å². The van der Waals surface area contributed by atoms with Gasteiger partial charge in [-0.2, -0.15) is 0 Å². The summed E-state index contributed by atoms with van der Waals surface area (Å²) in [6, 6.07) is 13.6. The van der Waals surface area contributed by atoms with Gasteiger partial charge < -0.3 is 15.2 Å². The summed E-state index contributed by atoms with van der Waals surface area (Å²) < 4.78 is 10.9. The van der Waals surface area contributed by atoms with Crippen molar-refractivity contribution in [3.8, 4) is 11.5 Å². The zero-order chi connectivity index (χ0) is 13.0. The van der Waals surface area contributed by atoms with E-state index in [0.29, 0.717) is 12.3 Å². The maximum atomic E-state index is 5.79. The Morgan fingerprint density at radius 2 is 1.72 bits per heavy atom. The van der Waals surface area contributed by atoms with Crippen molar-refractivity contribution >= 4 is 5.69 Å². The lowest BCUT2D eigenvalue weighted by molar-refractivity contribution is 0.305. The number of benzene rings is 2. The van der Waals surface area contributed by atoms with Crippen LogP contribution in [0.25, 0.3) is 0 Å². The summed E-state index contributed by atoms with van der Waals surface area (Å²) in [5.74, 6) is 1.60. The Kier molecular flexibility index (Phi) is 3.72. The van der Waals surface area contributed by atoms with E-state index in [9.17, 15) is 0 Å². The molecule has 0 fully saturated rings. The number of hydrogen-bond donors (Lipinski definition) is 1. The van der Waals surface area contributed by atoms with Crippen LogP contribution in [0.15, 0.2) is 42.5 Å². The van der Waals surface area contributed by atoms with Crippen LogP contribution < -0.4 is 15.2 Å². The Morgan fingerprint density at radius 1 is 1.00 bits per heavy atom. The molecule has 0 aromatic heterocycles. The fourth-order valence-electron chi connectivity index (χ4n) is 1.69. The van der Waals surface area contributed by atoms with E-state index in [1.165, 1.54) is 5.56 Å². The van der Waals surface area contributed by atoms with Crippen molar-refractivity contribution in [1.82, 2.24) is 0 Å². The van der Waals surface area contributed by atoms with Crippen LogP contribution in [0.3, 0.4) is 0 Å². The molecule has 2 rings (SSSR count). The lowest BCUT2D eigenvalue weighted by Crippen LogP contribution is -1.98. The first-order valence-corrected chi connectivity index (χ1v) is 5.80. The zero-order valence-electron chi connectivity index (χ0n) is 10.6. The molecule has 0 atom stereocenters. The van der Waals surface area contributed by atoms with Gasteiger partial charge in [0.05, 0.1) is 7.11 Å². The maximum absolute atomic E-state index is 5.79. The Balaban J connectivity index is 2.05. The lowest BCUT2D eigenvalue weighted by atomic mass is 10.2. The van der Waals surface area contributed by atoms with Gasteiger partial charge in [-0.05, 0) is 36.8 Å². The van der Waals surface area contributed by atoms with Gasteiger partial charge in [0, 0.05) is 11.8 Å². The van der Waals surface area contributed by atoms with E-state index in [4.69, 9.17) is 15.2 Å². The molecule has 0 saturated carbocycles. The largest absolute Gasteiger partial charge is 0.497 e. The van der Waals surface area contributed by atoms with Crippen LogP contribution >= 0.6 is 0 Å². The van der Waals surface area contributed by atoms with Gasteiger partial charge in [-0.1, -0.05) is 17.7 Å². The van der Waals surface area contributed by atoms with Crippen LogP contribution in [0.1, 0.15) is 11.1 Å². The summed E-state index contributed by atoms with van der Waals surface area (Å²) in [5, 5.41) is 0. The molecule has 94 valence electrons. The third-order valence-electron chi connectivity index (χ3n) is 2.65. The molecule has 0 heterocycles. The van der Waals surface area contributed by atoms with E-state index in [-0.39, 0.29) is 0 Å². The first-order chi connectivity index (χ1) is 8.67. The molecule has 0 radical (unpaired) electrons. The van der Waals surface area contributed by atoms with Crippen molar-refractivity contribution in [3.05, 3.63) is 53.6 Å². The lowest BCUT2D eigenvalue weighted by Gasteiger charge is -2.09. The standard InChI is InChI=1S/C15H17NO2/c1-11-3-5-14(6-4-11)18-10-12-7-13(16)9-15(8-12)17-2/h3-9H,10,16H2,1-2H3. The molecule has 0 amide bonds. The number of rotatable bonds is 4. The maximum Gasteiger partial charge on any atom is 0.121 e. The molecule has 18 heavy (non-hydrogen) atoms. The Labute approximate surface area is 107 Å². The van der Waals surface area contributed by atoms with Crippen LogP contribution in [0, 0.1) is 6.92 Å². The fourth-order valence-corrected chi connectivity index (χ4v) is 1.69. The van der Waals surface area contributed by atoms with Gasteiger partial charge in [-0.3, -0.25) is 0 Å². The third-order valence-corrected chi connectivity index (χ3v) is 2.65. The Bertz CT molecular complexity index is 521. The van der Waals surface area contributed by atoms with Gasteiger partial charge >= 0.3 is 0 Å². The smallest absolute Gasteiger partial charge is 0.121 e. The van der Waals surface area contributed by atoms with Crippen LogP contribution in [0.4, 0.5) is 5.69 Å². The highest BCUT2D eigenvalue weighted by atomic mass is 16.5. The molecule has 3 heteroatoms. The molecule has 2 aromatic carbocycles. The summed E-state index contributed by atoms with van der Waals surface area (Å²) in [6.07, 6.45) is 0. The van der Waals surface area contributed by atoms with Gasteiger partial charge in [0.1, 0.15) is 18.1 Å². The van der Waals surface area contributed by atoms with E-state index in [1.807, 2.05) is 43.3 Å². The highest BCUT2D eigenvalue weighted by Crippen LogP contribution is 2.20. The van der Waals surface area contributed by atoms with Crippen molar-refractivity contribution in [3.63, 3.8) is 0 Å². The molecular weight excluding hydrogens is 226 g/mol. The topological polar surface area (TPSA) is 44.5 Å². The van der Waals surface area contributed by atoms with Crippen molar-refractivity contribution in [1.29, 1.82) is 0 Å². The van der Waals surface area contributed by atoms with E-state index in [0.717, 1.165) is 17.1 Å². The van der Waals surface area contributed by atoms with Crippen LogP contribution in [-0.4, -0.2) is 7.11 Å². The second-order valence-corrected chi connectivity index (χ2v) is 4.22. The van der Waals surface area contributed by atoms with Gasteiger partial charge in [0.25, 0.3) is 0 Å². The normalized spacial score (nSPS) is 10.1. The second-order valence-electron chi connectivity index (χ2n) is 4.22. The summed E-state index contributed by atoms with van der Waals surface area (Å²) in [4.78, 5) is 0. The number of aryl methyl sites for hydroxylation is 1. The second kappa shape index (κ2) is 5.45. The summed E-state index contributed by atoms with van der Waals surface area (Å²) in [7, 11) is 1.62. The number of anilines is 1. The molecular formula is C15H17NO2. The molecule has 0 bridgehead atoms. The summed E-state index contributed by atoms with van der Waals surface area (Å²) >= 11 is 0. The average molecular weight is 243 g/mol. The molecule has 2 N–H and O–H groups in total. The van der Waals surface area contributed by atoms with Crippen LogP contribution in [0.2, 0.25) is 0 Å². The first-order valence-electron chi connectivity index (χ1n) is 5.80. The minimum atomic E-state index is 0.477. The zero-order valence-corrected chi connectivity index (χ0v) is 10.6. The SMILES string of the molecule is COc1cc(N)cc(COc2ccc(C)cc2)c1. The molecule has 2 aromatic rings. The number of ether oxygens (including phenoxy) is 2. The van der Waals surface area contributed by atoms with Gasteiger partial charge in [0.15, 0.2) is 0 Å². The molecule has 0 aliphatic heterocycles. The number of methoxy groups -OCH3 is 1. The molecule has 0 unspecified atom stereocenters. The molecule has 0 aliphatic carbocycles. The summed E-state index contributed by atoms with van der Waals surface area (Å²) in [5.41, 5.74) is 8.67. The van der Waals surface area contributed by atoms with Crippen molar-refractivity contribution in [2.24, 2.45) is 0 Å². The van der Waals surface area contributed by atoms with Crippen LogP contribution in [0.5, 0.6) is 11.5 Å². The van der Waals surface area contributed by atoms with E-state index in [2.05, 4.69) is 0 Å². The van der Waals surface area contributed by atoms with Crippen molar-refractivity contribution in [2.75, 3.05) is 12.8 Å². The highest BCUT2D eigenvalue weighted by Gasteiger charge is 2.00. The fraction of sp³-hybridized carbons (Fsp3) is 0.200. The predicted octanol–water partition coefficient (Wildman–Crippen LogP) is 3.16. The predicted molar refractivity (Wildman–Crippen MR) is 72.9 cm³/mol. The van der Waals surface area contributed by atoms with Crippen LogP contribution in [-0.2, 0) is 6.61 Å². The van der Waals surface area contributed by atoms with E-state index in [1.54, 1.807) is 13.2 Å². The number of nitrogen functional groups attached to an aromatic ring is 1. The minimum absolute atomic E-state index is 0.477. The molecule has 0 aliphatic rings. The van der Waals surface area contributed by atoms with E-state index >= 15 is 0 Å². The van der Waals surface area contributed by atoms with Gasteiger partial charge in [0.2, 0.25) is 0 Å². The molecule has 3 nitrogen and oxygen atoms in total. The Morgan fingerprint density at radius 3 is 2.39 bits per heavy atom. The van der Waals surface area contributed by atoms with Crippen molar-refractivity contribution < 1.29 is 9.47 Å². The quantitative estimate of drug-likeness (QED) is 0.839. The van der Waals surface area contributed by atoms with Gasteiger partial charge in [-0.15, -0.1) is 0 Å². The monoisotopic (exact) mass is 243 g/mol. The van der Waals surface area contributed by atoms with Crippen molar-refractivity contribution in [2.45, 2.75) is 13.5 Å². The summed E-state index contributed by atoms with van der Waals surface area (Å²) in [6.45, 7) is 2.52. The van der Waals surface area contributed by atoms with Gasteiger partial charge in [-0.25, -0.2) is 0 Å².